The predicted octanol–water partition coefficient (Wildman–Crippen LogP) is 2.07. The minimum atomic E-state index is 0.285. The highest BCUT2D eigenvalue weighted by Gasteiger charge is 2.14. The fraction of sp³-hybridized carbons (Fsp3) is 1.00. The Bertz CT molecular complexity index is 115. The molecule has 2 heteroatoms. The third-order valence-corrected chi connectivity index (χ3v) is 3.04. The van der Waals surface area contributed by atoms with Crippen LogP contribution < -0.4 is 5.32 Å². The van der Waals surface area contributed by atoms with Crippen molar-refractivity contribution in [1.82, 2.24) is 5.32 Å². The quantitative estimate of drug-likeness (QED) is 0.657. The lowest BCUT2D eigenvalue weighted by molar-refractivity contribution is 0.223. The molecule has 0 spiro atoms. The number of rotatable bonds is 4. The Morgan fingerprint density at radius 2 is 1.85 bits per heavy atom. The number of hydrogen-bond acceptors (Lipinski definition) is 2. The first kappa shape index (κ1) is 11.0. The van der Waals surface area contributed by atoms with Gasteiger partial charge in [-0.3, -0.25) is 0 Å². The van der Waals surface area contributed by atoms with Crippen LogP contribution in [-0.4, -0.2) is 23.8 Å². The average molecular weight is 185 g/mol. The molecule has 2 nitrogen and oxygen atoms in total. The van der Waals surface area contributed by atoms with Crippen LogP contribution in [0.2, 0.25) is 0 Å². The molecule has 0 aromatic heterocycles. The zero-order valence-corrected chi connectivity index (χ0v) is 8.76. The molecule has 0 bridgehead atoms. The van der Waals surface area contributed by atoms with Gasteiger partial charge in [0.2, 0.25) is 0 Å². The fourth-order valence-corrected chi connectivity index (χ4v) is 2.08. The minimum Gasteiger partial charge on any atom is -0.395 e. The smallest absolute Gasteiger partial charge is 0.0584 e. The van der Waals surface area contributed by atoms with Crippen molar-refractivity contribution in [2.45, 2.75) is 64.0 Å². The Balaban J connectivity index is 2.24. The van der Waals surface area contributed by atoms with Gasteiger partial charge in [0.1, 0.15) is 0 Å². The number of aliphatic hydroxyl groups excluding tert-OH is 1. The van der Waals surface area contributed by atoms with Crippen molar-refractivity contribution in [3.05, 3.63) is 0 Å². The van der Waals surface area contributed by atoms with Crippen molar-refractivity contribution in [2.75, 3.05) is 6.61 Å². The van der Waals surface area contributed by atoms with E-state index in [9.17, 15) is 0 Å². The van der Waals surface area contributed by atoms with E-state index in [2.05, 4.69) is 12.2 Å². The molecule has 0 aromatic rings. The van der Waals surface area contributed by atoms with Crippen LogP contribution in [0.15, 0.2) is 0 Å². The summed E-state index contributed by atoms with van der Waals surface area (Å²) in [6.07, 6.45) is 9.15. The number of nitrogens with one attached hydrogen (secondary N) is 1. The van der Waals surface area contributed by atoms with Gasteiger partial charge in [-0.2, -0.15) is 0 Å². The van der Waals surface area contributed by atoms with Gasteiger partial charge in [-0.05, 0) is 19.3 Å². The average Bonchev–Trinajstić information content (AvgIpc) is 2.42. The molecule has 0 aliphatic heterocycles. The summed E-state index contributed by atoms with van der Waals surface area (Å²) < 4.78 is 0. The van der Waals surface area contributed by atoms with Gasteiger partial charge in [0.05, 0.1) is 6.61 Å². The first-order valence-corrected chi connectivity index (χ1v) is 5.73. The van der Waals surface area contributed by atoms with Crippen LogP contribution in [0.25, 0.3) is 0 Å². The van der Waals surface area contributed by atoms with Crippen LogP contribution in [0.4, 0.5) is 0 Å². The highest BCUT2D eigenvalue weighted by Crippen LogP contribution is 2.17. The monoisotopic (exact) mass is 185 g/mol. The third kappa shape index (κ3) is 4.10. The van der Waals surface area contributed by atoms with Gasteiger partial charge in [-0.15, -0.1) is 0 Å². The second kappa shape index (κ2) is 6.39. The lowest BCUT2D eigenvalue weighted by Crippen LogP contribution is -2.39. The molecule has 0 radical (unpaired) electrons. The van der Waals surface area contributed by atoms with Gasteiger partial charge in [0, 0.05) is 12.1 Å². The molecule has 13 heavy (non-hydrogen) atoms. The van der Waals surface area contributed by atoms with E-state index in [4.69, 9.17) is 5.11 Å². The van der Waals surface area contributed by atoms with Crippen LogP contribution in [0.3, 0.4) is 0 Å². The summed E-state index contributed by atoms with van der Waals surface area (Å²) >= 11 is 0. The Morgan fingerprint density at radius 3 is 2.31 bits per heavy atom. The maximum Gasteiger partial charge on any atom is 0.0584 e. The molecule has 1 fully saturated rings. The summed E-state index contributed by atoms with van der Waals surface area (Å²) in [7, 11) is 0. The van der Waals surface area contributed by atoms with E-state index in [0.29, 0.717) is 12.1 Å². The molecular formula is C11H23NO. The normalized spacial score (nSPS) is 22.6. The fourth-order valence-electron chi connectivity index (χ4n) is 2.08. The van der Waals surface area contributed by atoms with Crippen LogP contribution in [0.5, 0.6) is 0 Å². The van der Waals surface area contributed by atoms with Crippen molar-refractivity contribution in [2.24, 2.45) is 0 Å². The SMILES string of the molecule is CC[C@@H](CO)NC1CCCCCC1. The van der Waals surface area contributed by atoms with Crippen LogP contribution in [0.1, 0.15) is 51.9 Å². The van der Waals surface area contributed by atoms with Crippen molar-refractivity contribution < 1.29 is 5.11 Å². The summed E-state index contributed by atoms with van der Waals surface area (Å²) in [6.45, 7) is 2.41. The molecule has 1 aliphatic rings. The summed E-state index contributed by atoms with van der Waals surface area (Å²) in [5.74, 6) is 0. The molecule has 0 heterocycles. The Kier molecular flexibility index (Phi) is 5.40. The summed E-state index contributed by atoms with van der Waals surface area (Å²) in [4.78, 5) is 0. The van der Waals surface area contributed by atoms with E-state index in [0.717, 1.165) is 6.42 Å². The minimum absolute atomic E-state index is 0.285. The molecule has 78 valence electrons. The zero-order valence-electron chi connectivity index (χ0n) is 8.76. The molecule has 0 unspecified atom stereocenters. The van der Waals surface area contributed by atoms with E-state index < -0.39 is 0 Å². The number of aliphatic hydroxyl groups is 1. The Labute approximate surface area is 81.7 Å². The van der Waals surface area contributed by atoms with Gasteiger partial charge < -0.3 is 10.4 Å². The largest absolute Gasteiger partial charge is 0.395 e. The van der Waals surface area contributed by atoms with Crippen molar-refractivity contribution in [3.8, 4) is 0 Å². The zero-order chi connectivity index (χ0) is 9.52. The standard InChI is InChI=1S/C11H23NO/c1-2-10(9-13)12-11-7-5-3-4-6-8-11/h10-13H,2-9H2,1H3/t10-/m0/s1. The van der Waals surface area contributed by atoms with Crippen LogP contribution in [0, 0.1) is 0 Å². The Morgan fingerprint density at radius 1 is 1.23 bits per heavy atom. The highest BCUT2D eigenvalue weighted by atomic mass is 16.3. The summed E-state index contributed by atoms with van der Waals surface area (Å²) in [6, 6.07) is 0.989. The van der Waals surface area contributed by atoms with Crippen LogP contribution in [-0.2, 0) is 0 Å². The lowest BCUT2D eigenvalue weighted by atomic mass is 10.1. The van der Waals surface area contributed by atoms with Gasteiger partial charge in [-0.1, -0.05) is 32.6 Å². The summed E-state index contributed by atoms with van der Waals surface area (Å²) in [5.41, 5.74) is 0. The lowest BCUT2D eigenvalue weighted by Gasteiger charge is -2.22. The van der Waals surface area contributed by atoms with Crippen molar-refractivity contribution >= 4 is 0 Å². The molecule has 0 aromatic carbocycles. The van der Waals surface area contributed by atoms with Crippen molar-refractivity contribution in [3.63, 3.8) is 0 Å². The van der Waals surface area contributed by atoms with E-state index in [1.54, 1.807) is 0 Å². The Hall–Kier alpha value is -0.0800. The molecule has 2 N–H and O–H groups in total. The summed E-state index contributed by atoms with van der Waals surface area (Å²) in [5, 5.41) is 12.6. The van der Waals surface area contributed by atoms with E-state index in [1.165, 1.54) is 38.5 Å². The first-order valence-electron chi connectivity index (χ1n) is 5.73. The molecule has 0 amide bonds. The maximum absolute atomic E-state index is 9.06. The molecule has 1 aliphatic carbocycles. The molecule has 0 saturated heterocycles. The second-order valence-corrected chi connectivity index (χ2v) is 4.14. The highest BCUT2D eigenvalue weighted by molar-refractivity contribution is 4.75. The van der Waals surface area contributed by atoms with E-state index in [1.807, 2.05) is 0 Å². The second-order valence-electron chi connectivity index (χ2n) is 4.14. The van der Waals surface area contributed by atoms with Gasteiger partial charge in [0.15, 0.2) is 0 Å². The van der Waals surface area contributed by atoms with E-state index >= 15 is 0 Å². The predicted molar refractivity (Wildman–Crippen MR) is 55.8 cm³/mol. The van der Waals surface area contributed by atoms with Gasteiger partial charge >= 0.3 is 0 Å². The first-order chi connectivity index (χ1) is 6.36. The molecule has 1 atom stereocenters. The molecule has 1 saturated carbocycles. The van der Waals surface area contributed by atoms with E-state index in [-0.39, 0.29) is 6.61 Å². The maximum atomic E-state index is 9.06. The topological polar surface area (TPSA) is 32.3 Å². The molecular weight excluding hydrogens is 162 g/mol. The van der Waals surface area contributed by atoms with Crippen LogP contribution >= 0.6 is 0 Å². The van der Waals surface area contributed by atoms with Crippen molar-refractivity contribution in [1.29, 1.82) is 0 Å². The molecule has 1 rings (SSSR count). The number of hydrogen-bond donors (Lipinski definition) is 2. The van der Waals surface area contributed by atoms with Gasteiger partial charge in [0.25, 0.3) is 0 Å². The van der Waals surface area contributed by atoms with Gasteiger partial charge in [-0.25, -0.2) is 0 Å². The third-order valence-electron chi connectivity index (χ3n) is 3.04.